The molecule has 1 unspecified atom stereocenters. The number of hydrogen-bond donors (Lipinski definition) is 0. The zero-order valence-corrected chi connectivity index (χ0v) is 16.1. The Morgan fingerprint density at radius 1 is 1.21 bits per heavy atom. The number of pyridine rings is 1. The SMILES string of the molecule is COC(=O)C1CCCN1C(=O)C1CCN(c2ncc(C(F)(F)F)cc2Cl)CC1. The van der Waals surface area contributed by atoms with Crippen LogP contribution in [0.1, 0.15) is 31.2 Å². The highest BCUT2D eigenvalue weighted by atomic mass is 35.5. The topological polar surface area (TPSA) is 62.7 Å². The summed E-state index contributed by atoms with van der Waals surface area (Å²) in [6.07, 6.45) is -1.34. The maximum absolute atomic E-state index is 12.8. The van der Waals surface area contributed by atoms with Crippen molar-refractivity contribution in [2.45, 2.75) is 37.9 Å². The molecule has 3 rings (SSSR count). The Morgan fingerprint density at radius 2 is 1.89 bits per heavy atom. The minimum atomic E-state index is -4.50. The van der Waals surface area contributed by atoms with Gasteiger partial charge in [-0.25, -0.2) is 9.78 Å². The number of aromatic nitrogens is 1. The Balaban J connectivity index is 1.63. The van der Waals surface area contributed by atoms with Crippen LogP contribution in [-0.4, -0.2) is 54.5 Å². The van der Waals surface area contributed by atoms with Crippen LogP contribution in [0.4, 0.5) is 19.0 Å². The number of alkyl halides is 3. The molecule has 0 saturated carbocycles. The van der Waals surface area contributed by atoms with Crippen LogP contribution in [0.5, 0.6) is 0 Å². The van der Waals surface area contributed by atoms with E-state index in [4.69, 9.17) is 16.3 Å². The number of hydrogen-bond acceptors (Lipinski definition) is 5. The molecule has 154 valence electrons. The Hall–Kier alpha value is -2.03. The van der Waals surface area contributed by atoms with Crippen LogP contribution in [0, 0.1) is 5.92 Å². The van der Waals surface area contributed by atoms with Crippen molar-refractivity contribution < 1.29 is 27.5 Å². The van der Waals surface area contributed by atoms with Gasteiger partial charge in [0.2, 0.25) is 5.91 Å². The fourth-order valence-electron chi connectivity index (χ4n) is 3.80. The van der Waals surface area contributed by atoms with Crippen molar-refractivity contribution in [3.05, 3.63) is 22.8 Å². The quantitative estimate of drug-likeness (QED) is 0.704. The van der Waals surface area contributed by atoms with Gasteiger partial charge >= 0.3 is 12.1 Å². The van der Waals surface area contributed by atoms with Crippen molar-refractivity contribution in [1.82, 2.24) is 9.88 Å². The summed E-state index contributed by atoms with van der Waals surface area (Å²) in [6, 6.07) is 0.341. The van der Waals surface area contributed by atoms with Gasteiger partial charge in [-0.2, -0.15) is 13.2 Å². The second-order valence-corrected chi connectivity index (χ2v) is 7.41. The first-order chi connectivity index (χ1) is 13.2. The highest BCUT2D eigenvalue weighted by Crippen LogP contribution is 2.35. The molecule has 2 aliphatic rings. The number of esters is 1. The Morgan fingerprint density at radius 3 is 2.46 bits per heavy atom. The summed E-state index contributed by atoms with van der Waals surface area (Å²) in [5.41, 5.74) is -0.894. The fourth-order valence-corrected chi connectivity index (χ4v) is 4.09. The molecular formula is C18H21ClF3N3O3. The molecule has 1 aromatic rings. The first-order valence-corrected chi connectivity index (χ1v) is 9.46. The summed E-state index contributed by atoms with van der Waals surface area (Å²) in [7, 11) is 1.31. The standard InChI is InChI=1S/C18H21ClF3N3O3/c1-28-17(27)14-3-2-6-25(14)16(26)11-4-7-24(8-5-11)15-13(19)9-12(10-23-15)18(20,21)22/h9-11,14H,2-8H2,1H3. The van der Waals surface area contributed by atoms with E-state index in [-0.39, 0.29) is 22.7 Å². The van der Waals surface area contributed by atoms with Crippen molar-refractivity contribution >= 4 is 29.3 Å². The molecule has 28 heavy (non-hydrogen) atoms. The molecule has 2 aliphatic heterocycles. The van der Waals surface area contributed by atoms with E-state index >= 15 is 0 Å². The number of piperidine rings is 1. The third-order valence-electron chi connectivity index (χ3n) is 5.30. The lowest BCUT2D eigenvalue weighted by atomic mass is 9.95. The number of nitrogens with zero attached hydrogens (tertiary/aromatic N) is 3. The second-order valence-electron chi connectivity index (χ2n) is 7.00. The number of amides is 1. The van der Waals surface area contributed by atoms with Crippen LogP contribution < -0.4 is 4.90 Å². The number of halogens is 4. The van der Waals surface area contributed by atoms with Crippen LogP contribution in [0.2, 0.25) is 5.02 Å². The molecule has 0 aromatic carbocycles. The molecule has 2 saturated heterocycles. The molecular weight excluding hydrogens is 399 g/mol. The van der Waals surface area contributed by atoms with Crippen molar-refractivity contribution in [2.24, 2.45) is 5.92 Å². The molecule has 10 heteroatoms. The Bertz CT molecular complexity index is 751. The van der Waals surface area contributed by atoms with Crippen LogP contribution in [0.25, 0.3) is 0 Å². The number of likely N-dealkylation sites (tertiary alicyclic amines) is 1. The number of methoxy groups -OCH3 is 1. The van der Waals surface area contributed by atoms with Gasteiger partial charge in [0.25, 0.3) is 0 Å². The molecule has 6 nitrogen and oxygen atoms in total. The monoisotopic (exact) mass is 419 g/mol. The highest BCUT2D eigenvalue weighted by molar-refractivity contribution is 6.33. The fraction of sp³-hybridized carbons (Fsp3) is 0.611. The number of rotatable bonds is 3. The van der Waals surface area contributed by atoms with E-state index in [9.17, 15) is 22.8 Å². The van der Waals surface area contributed by atoms with E-state index < -0.39 is 23.8 Å². The predicted molar refractivity (Wildman–Crippen MR) is 95.9 cm³/mol. The number of ether oxygens (including phenoxy) is 1. The number of anilines is 1. The lowest BCUT2D eigenvalue weighted by Gasteiger charge is -2.35. The highest BCUT2D eigenvalue weighted by Gasteiger charge is 2.39. The molecule has 2 fully saturated rings. The summed E-state index contributed by atoms with van der Waals surface area (Å²) in [6.45, 7) is 1.43. The molecule has 0 radical (unpaired) electrons. The molecule has 1 aromatic heterocycles. The Kier molecular flexibility index (Phi) is 6.02. The van der Waals surface area contributed by atoms with Gasteiger partial charge in [-0.15, -0.1) is 0 Å². The first-order valence-electron chi connectivity index (χ1n) is 9.08. The van der Waals surface area contributed by atoms with Crippen LogP contribution in [0.3, 0.4) is 0 Å². The minimum absolute atomic E-state index is 0.0649. The van der Waals surface area contributed by atoms with E-state index in [2.05, 4.69) is 4.98 Å². The van der Waals surface area contributed by atoms with E-state index in [1.54, 1.807) is 9.80 Å². The summed E-state index contributed by atoms with van der Waals surface area (Å²) in [5.74, 6) is -0.424. The molecule has 1 atom stereocenters. The van der Waals surface area contributed by atoms with Gasteiger partial charge in [-0.3, -0.25) is 4.79 Å². The maximum atomic E-state index is 12.8. The third kappa shape index (κ3) is 4.19. The van der Waals surface area contributed by atoms with Crippen molar-refractivity contribution in [2.75, 3.05) is 31.6 Å². The normalized spacial score (nSPS) is 21.1. The zero-order valence-electron chi connectivity index (χ0n) is 15.3. The van der Waals surface area contributed by atoms with E-state index in [1.165, 1.54) is 7.11 Å². The van der Waals surface area contributed by atoms with Crippen molar-refractivity contribution in [3.63, 3.8) is 0 Å². The molecule has 0 bridgehead atoms. The van der Waals surface area contributed by atoms with Crippen molar-refractivity contribution in [1.29, 1.82) is 0 Å². The van der Waals surface area contributed by atoms with Gasteiger partial charge < -0.3 is 14.5 Å². The minimum Gasteiger partial charge on any atom is -0.467 e. The zero-order chi connectivity index (χ0) is 20.5. The van der Waals surface area contributed by atoms with Crippen LogP contribution in [-0.2, 0) is 20.5 Å². The van der Waals surface area contributed by atoms with Gasteiger partial charge in [-0.05, 0) is 31.7 Å². The van der Waals surface area contributed by atoms with Gasteiger partial charge in [0.15, 0.2) is 0 Å². The molecule has 0 aliphatic carbocycles. The van der Waals surface area contributed by atoms with E-state index in [0.717, 1.165) is 18.7 Å². The summed E-state index contributed by atoms with van der Waals surface area (Å²) in [4.78, 5) is 31.9. The number of carbonyl (C=O) groups is 2. The Labute approximate surface area is 165 Å². The first kappa shape index (κ1) is 20.7. The van der Waals surface area contributed by atoms with Gasteiger partial charge in [-0.1, -0.05) is 11.6 Å². The van der Waals surface area contributed by atoms with Gasteiger partial charge in [0, 0.05) is 31.7 Å². The molecule has 1 amide bonds. The van der Waals surface area contributed by atoms with E-state index in [0.29, 0.717) is 38.9 Å². The average Bonchev–Trinajstić information content (AvgIpc) is 3.16. The molecule has 0 spiro atoms. The van der Waals surface area contributed by atoms with Crippen LogP contribution in [0.15, 0.2) is 12.3 Å². The average molecular weight is 420 g/mol. The lowest BCUT2D eigenvalue weighted by Crippen LogP contribution is -2.47. The summed E-state index contributed by atoms with van der Waals surface area (Å²) in [5, 5.41) is -0.0649. The molecule has 0 N–H and O–H groups in total. The van der Waals surface area contributed by atoms with E-state index in [1.807, 2.05) is 0 Å². The largest absolute Gasteiger partial charge is 0.467 e. The summed E-state index contributed by atoms with van der Waals surface area (Å²) >= 11 is 6.01. The summed E-state index contributed by atoms with van der Waals surface area (Å²) < 4.78 is 43.0. The molecule has 3 heterocycles. The predicted octanol–water partition coefficient (Wildman–Crippen LogP) is 3.13. The third-order valence-corrected chi connectivity index (χ3v) is 5.58. The van der Waals surface area contributed by atoms with Gasteiger partial charge in [0.1, 0.15) is 11.9 Å². The maximum Gasteiger partial charge on any atom is 0.417 e. The van der Waals surface area contributed by atoms with Crippen LogP contribution >= 0.6 is 11.6 Å². The van der Waals surface area contributed by atoms with Crippen molar-refractivity contribution in [3.8, 4) is 0 Å². The second kappa shape index (κ2) is 8.14. The lowest BCUT2D eigenvalue weighted by molar-refractivity contribution is -0.152. The number of carbonyl (C=O) groups excluding carboxylic acids is 2. The smallest absolute Gasteiger partial charge is 0.417 e. The van der Waals surface area contributed by atoms with Gasteiger partial charge in [0.05, 0.1) is 17.7 Å².